The number of aromatic nitrogens is 2. The summed E-state index contributed by atoms with van der Waals surface area (Å²) in [4.78, 5) is 52.1. The number of nitrogens with one attached hydrogen (secondary N) is 4. The van der Waals surface area contributed by atoms with Crippen LogP contribution in [0.1, 0.15) is 97.5 Å². The standard InChI is InChI=1S/C34H60N6O6S/c1-20(2)17-27(30(41)19-23(7)31(42)37-28(18-21(3)4)33(44)35-22(5)6)36-32(43)26(13-16-47-9)38-34(45)46-15-14-40-29-12-10-11-25(29)24(8)39-40/h20-23,26-28,30,41H,10-19H2,1-9H3,(H,35,44)(H,36,43)(H,37,42)(H,38,45)/t23-,26+,27+,28+,30+/m1/s1. The number of aliphatic hydroxyl groups excluding tert-OH is 1. The maximum atomic E-state index is 13.5. The van der Waals surface area contributed by atoms with Gasteiger partial charge in [0, 0.05) is 17.7 Å². The molecule has 1 aliphatic rings. The molecule has 47 heavy (non-hydrogen) atoms. The summed E-state index contributed by atoms with van der Waals surface area (Å²) in [5.41, 5.74) is 3.52. The third kappa shape index (κ3) is 13.7. The van der Waals surface area contributed by atoms with E-state index in [-0.39, 0.29) is 42.7 Å². The summed E-state index contributed by atoms with van der Waals surface area (Å²) in [6, 6.07) is -2.24. The lowest BCUT2D eigenvalue weighted by Gasteiger charge is -2.30. The molecule has 0 bridgehead atoms. The summed E-state index contributed by atoms with van der Waals surface area (Å²) in [5.74, 6) is -0.630. The van der Waals surface area contributed by atoms with Gasteiger partial charge < -0.3 is 31.1 Å². The molecule has 0 aromatic carbocycles. The summed E-state index contributed by atoms with van der Waals surface area (Å²) < 4.78 is 7.35. The van der Waals surface area contributed by atoms with Crippen LogP contribution in [-0.4, -0.2) is 87.6 Å². The lowest BCUT2D eigenvalue weighted by Crippen LogP contribution is -2.54. The van der Waals surface area contributed by atoms with Crippen LogP contribution in [-0.2, 0) is 38.5 Å². The first-order chi connectivity index (χ1) is 22.1. The van der Waals surface area contributed by atoms with Crippen molar-refractivity contribution in [2.45, 2.75) is 137 Å². The molecule has 0 fully saturated rings. The molecular formula is C34H60N6O6S. The molecule has 0 aliphatic heterocycles. The summed E-state index contributed by atoms with van der Waals surface area (Å²) in [6.45, 7) is 16.0. The van der Waals surface area contributed by atoms with Gasteiger partial charge in [-0.25, -0.2) is 4.79 Å². The third-order valence-electron chi connectivity index (χ3n) is 8.29. The molecule has 0 saturated carbocycles. The number of carbonyl (C=O) groups excluding carboxylic acids is 4. The first-order valence-electron chi connectivity index (χ1n) is 17.2. The van der Waals surface area contributed by atoms with Gasteiger partial charge >= 0.3 is 6.09 Å². The number of amides is 4. The van der Waals surface area contributed by atoms with Crippen molar-refractivity contribution < 1.29 is 29.0 Å². The average molecular weight is 681 g/mol. The number of aryl methyl sites for hydroxylation is 1. The Balaban J connectivity index is 2.01. The number of aliphatic hydroxyl groups is 1. The average Bonchev–Trinajstić information content (AvgIpc) is 3.57. The normalized spacial score (nSPS) is 15.9. The van der Waals surface area contributed by atoms with E-state index in [4.69, 9.17) is 4.74 Å². The van der Waals surface area contributed by atoms with Crippen LogP contribution in [0.3, 0.4) is 0 Å². The number of alkyl carbamates (subject to hydrolysis) is 1. The Morgan fingerprint density at radius 1 is 0.872 bits per heavy atom. The Morgan fingerprint density at radius 2 is 1.53 bits per heavy atom. The van der Waals surface area contributed by atoms with Crippen LogP contribution in [0.2, 0.25) is 0 Å². The summed E-state index contributed by atoms with van der Waals surface area (Å²) in [6.07, 6.45) is 4.76. The van der Waals surface area contributed by atoms with E-state index >= 15 is 0 Å². The van der Waals surface area contributed by atoms with Crippen LogP contribution < -0.4 is 21.3 Å². The predicted octanol–water partition coefficient (Wildman–Crippen LogP) is 3.50. The zero-order valence-electron chi connectivity index (χ0n) is 30.0. The highest BCUT2D eigenvalue weighted by Crippen LogP contribution is 2.24. The van der Waals surface area contributed by atoms with E-state index in [1.165, 1.54) is 11.3 Å². The van der Waals surface area contributed by atoms with Crippen LogP contribution in [0.15, 0.2) is 0 Å². The van der Waals surface area contributed by atoms with Gasteiger partial charge in [-0.05, 0) is 95.1 Å². The first kappa shape index (κ1) is 40.4. The fourth-order valence-electron chi connectivity index (χ4n) is 5.94. The quantitative estimate of drug-likeness (QED) is 0.140. The van der Waals surface area contributed by atoms with E-state index in [1.807, 2.05) is 59.4 Å². The van der Waals surface area contributed by atoms with E-state index in [1.54, 1.807) is 18.7 Å². The molecule has 0 spiro atoms. The molecule has 1 heterocycles. The minimum atomic E-state index is -1.03. The minimum Gasteiger partial charge on any atom is -0.448 e. The molecule has 0 saturated heterocycles. The minimum absolute atomic E-state index is 0.0585. The smallest absolute Gasteiger partial charge is 0.407 e. The molecule has 2 rings (SSSR count). The van der Waals surface area contributed by atoms with Crippen LogP contribution in [0.25, 0.3) is 0 Å². The highest BCUT2D eigenvalue weighted by atomic mass is 32.2. The van der Waals surface area contributed by atoms with E-state index < -0.39 is 42.1 Å². The molecule has 1 aliphatic carbocycles. The Morgan fingerprint density at radius 3 is 2.15 bits per heavy atom. The summed E-state index contributed by atoms with van der Waals surface area (Å²) in [5, 5.41) is 27.2. The largest absolute Gasteiger partial charge is 0.448 e. The number of ether oxygens (including phenoxy) is 1. The first-order valence-corrected chi connectivity index (χ1v) is 18.6. The highest BCUT2D eigenvalue weighted by molar-refractivity contribution is 7.98. The van der Waals surface area contributed by atoms with Crippen LogP contribution >= 0.6 is 11.8 Å². The Bertz CT molecular complexity index is 1170. The monoisotopic (exact) mass is 680 g/mol. The number of hydrogen-bond acceptors (Lipinski definition) is 8. The zero-order valence-corrected chi connectivity index (χ0v) is 30.8. The van der Waals surface area contributed by atoms with Crippen molar-refractivity contribution in [2.24, 2.45) is 17.8 Å². The molecule has 1 aromatic heterocycles. The van der Waals surface area contributed by atoms with Gasteiger partial charge in [0.15, 0.2) is 0 Å². The van der Waals surface area contributed by atoms with Crippen LogP contribution in [0, 0.1) is 24.7 Å². The molecule has 4 amide bonds. The lowest BCUT2D eigenvalue weighted by atomic mass is 9.91. The summed E-state index contributed by atoms with van der Waals surface area (Å²) >= 11 is 1.56. The van der Waals surface area contributed by atoms with Gasteiger partial charge in [-0.15, -0.1) is 0 Å². The molecule has 1 aromatic rings. The lowest BCUT2D eigenvalue weighted by molar-refractivity contribution is -0.132. The molecule has 0 unspecified atom stereocenters. The topological polar surface area (TPSA) is 164 Å². The van der Waals surface area contributed by atoms with E-state index in [0.717, 1.165) is 25.0 Å². The summed E-state index contributed by atoms with van der Waals surface area (Å²) in [7, 11) is 0. The van der Waals surface area contributed by atoms with Crippen molar-refractivity contribution in [3.8, 4) is 0 Å². The molecule has 12 nitrogen and oxygen atoms in total. The third-order valence-corrected chi connectivity index (χ3v) is 8.94. The number of hydrogen-bond donors (Lipinski definition) is 5. The molecule has 268 valence electrons. The zero-order chi connectivity index (χ0) is 35.3. The highest BCUT2D eigenvalue weighted by Gasteiger charge is 2.31. The van der Waals surface area contributed by atoms with Crippen LogP contribution in [0.5, 0.6) is 0 Å². The molecule has 5 atom stereocenters. The van der Waals surface area contributed by atoms with Gasteiger partial charge in [0.05, 0.1) is 24.4 Å². The van der Waals surface area contributed by atoms with Gasteiger partial charge in [-0.2, -0.15) is 16.9 Å². The number of carbonyl (C=O) groups is 4. The van der Waals surface area contributed by atoms with Gasteiger partial charge in [-0.1, -0.05) is 34.6 Å². The second-order valence-electron chi connectivity index (χ2n) is 14.0. The molecular weight excluding hydrogens is 620 g/mol. The van der Waals surface area contributed by atoms with E-state index in [9.17, 15) is 24.3 Å². The predicted molar refractivity (Wildman–Crippen MR) is 186 cm³/mol. The fraction of sp³-hybridized carbons (Fsp3) is 0.794. The van der Waals surface area contributed by atoms with Crippen molar-refractivity contribution in [3.63, 3.8) is 0 Å². The van der Waals surface area contributed by atoms with Gasteiger partial charge in [0.25, 0.3) is 0 Å². The van der Waals surface area contributed by atoms with Crippen molar-refractivity contribution in [2.75, 3.05) is 18.6 Å². The van der Waals surface area contributed by atoms with Crippen molar-refractivity contribution in [1.82, 2.24) is 31.0 Å². The van der Waals surface area contributed by atoms with Gasteiger partial charge in [-0.3, -0.25) is 19.1 Å². The SMILES string of the molecule is CSCC[C@H](NC(=O)OCCn1nc(C)c2c1CCC2)C(=O)N[C@@H](CC(C)C)[C@@H](O)C[C@@H](C)C(=O)N[C@@H](CC(C)C)C(=O)NC(C)C. The second kappa shape index (κ2) is 19.9. The van der Waals surface area contributed by atoms with Gasteiger partial charge in [0.2, 0.25) is 17.7 Å². The number of thioether (sulfide) groups is 1. The fourth-order valence-corrected chi connectivity index (χ4v) is 6.41. The molecule has 5 N–H and O–H groups in total. The number of fused-ring (bicyclic) bond motifs is 1. The maximum Gasteiger partial charge on any atom is 0.407 e. The number of rotatable bonds is 20. The Labute approximate surface area is 285 Å². The molecule has 0 radical (unpaired) electrons. The van der Waals surface area contributed by atoms with Crippen LogP contribution in [0.4, 0.5) is 4.79 Å². The maximum absolute atomic E-state index is 13.5. The van der Waals surface area contributed by atoms with E-state index in [0.29, 0.717) is 31.6 Å². The number of nitrogens with zero attached hydrogens (tertiary/aromatic N) is 2. The van der Waals surface area contributed by atoms with Gasteiger partial charge in [0.1, 0.15) is 18.7 Å². The van der Waals surface area contributed by atoms with Crippen molar-refractivity contribution >= 4 is 35.6 Å². The second-order valence-corrected chi connectivity index (χ2v) is 15.0. The van der Waals surface area contributed by atoms with Crippen molar-refractivity contribution in [1.29, 1.82) is 0 Å². The Hall–Kier alpha value is -2.80. The molecule has 13 heteroatoms. The Kier molecular flexibility index (Phi) is 17.1. The van der Waals surface area contributed by atoms with Crippen molar-refractivity contribution in [3.05, 3.63) is 17.0 Å². The van der Waals surface area contributed by atoms with E-state index in [2.05, 4.69) is 26.4 Å².